The summed E-state index contributed by atoms with van der Waals surface area (Å²) >= 11 is 3.34. The molecule has 0 amide bonds. The monoisotopic (exact) mass is 409 g/mol. The highest BCUT2D eigenvalue weighted by Crippen LogP contribution is 2.30. The summed E-state index contributed by atoms with van der Waals surface area (Å²) in [5, 5.41) is 0.273. The van der Waals surface area contributed by atoms with E-state index in [9.17, 15) is 4.79 Å². The summed E-state index contributed by atoms with van der Waals surface area (Å²) in [6.45, 7) is 3.07. The quantitative estimate of drug-likeness (QED) is 0.318. The second kappa shape index (κ2) is 7.08. The fourth-order valence-electron chi connectivity index (χ4n) is 3.46. The van der Waals surface area contributed by atoms with Gasteiger partial charge < -0.3 is 4.57 Å². The molecule has 26 heavy (non-hydrogen) atoms. The lowest BCUT2D eigenvalue weighted by molar-refractivity contribution is 0.101. The molecule has 2 aromatic carbocycles. The third-order valence-electron chi connectivity index (χ3n) is 4.68. The first-order chi connectivity index (χ1) is 12.8. The molecule has 0 N–H and O–H groups in total. The van der Waals surface area contributed by atoms with Crippen LogP contribution in [0.4, 0.5) is 0 Å². The van der Waals surface area contributed by atoms with Gasteiger partial charge in [-0.15, -0.1) is 0 Å². The number of imidazole rings is 2. The predicted octanol–water partition coefficient (Wildman–Crippen LogP) is 5.33. The largest absolute Gasteiger partial charge is 0.310 e. The van der Waals surface area contributed by atoms with Crippen molar-refractivity contribution in [2.45, 2.75) is 26.3 Å². The number of aromatic nitrogens is 3. The van der Waals surface area contributed by atoms with Crippen molar-refractivity contribution < 1.29 is 4.79 Å². The van der Waals surface area contributed by atoms with Crippen molar-refractivity contribution >= 4 is 38.5 Å². The molecule has 0 spiro atoms. The van der Waals surface area contributed by atoms with Gasteiger partial charge in [0.2, 0.25) is 5.78 Å². The van der Waals surface area contributed by atoms with Gasteiger partial charge in [-0.05, 0) is 18.6 Å². The summed E-state index contributed by atoms with van der Waals surface area (Å²) in [5.41, 5.74) is 4.51. The molecule has 2 aromatic heterocycles. The van der Waals surface area contributed by atoms with Gasteiger partial charge in [-0.25, -0.2) is 4.98 Å². The van der Waals surface area contributed by atoms with Crippen molar-refractivity contribution in [2.75, 3.05) is 5.33 Å². The van der Waals surface area contributed by atoms with Crippen molar-refractivity contribution in [3.05, 3.63) is 60.3 Å². The molecular weight excluding hydrogens is 390 g/mol. The number of benzene rings is 2. The van der Waals surface area contributed by atoms with Gasteiger partial charge in [-0.2, -0.15) is 0 Å². The maximum atomic E-state index is 12.8. The number of nitrogens with zero attached hydrogens (tertiary/aromatic N) is 3. The molecule has 132 valence electrons. The number of alkyl halides is 1. The number of hydrogen-bond donors (Lipinski definition) is 0. The first-order valence-electron chi connectivity index (χ1n) is 8.90. The SMILES string of the molecule is CCCCn1c2ccccc2n2c(C(=O)CBr)c(-c3ccccc3)nc12. The molecule has 0 radical (unpaired) electrons. The van der Waals surface area contributed by atoms with Crippen LogP contribution in [0.15, 0.2) is 54.6 Å². The van der Waals surface area contributed by atoms with Gasteiger partial charge in [-0.1, -0.05) is 71.7 Å². The zero-order valence-corrected chi connectivity index (χ0v) is 16.2. The van der Waals surface area contributed by atoms with Crippen molar-refractivity contribution in [3.63, 3.8) is 0 Å². The number of carbonyl (C=O) groups excluding carboxylic acids is 1. The third-order valence-corrected chi connectivity index (χ3v) is 5.19. The third kappa shape index (κ3) is 2.67. The minimum atomic E-state index is 0.0368. The van der Waals surface area contributed by atoms with Crippen molar-refractivity contribution in [2.24, 2.45) is 0 Å². The lowest BCUT2D eigenvalue weighted by Gasteiger charge is -2.04. The standard InChI is InChI=1S/C21H20BrN3O/c1-2-3-13-24-16-11-7-8-12-17(16)25-20(18(26)14-22)19(23-21(24)25)15-9-5-4-6-10-15/h4-12H,2-3,13-14H2,1H3. The Labute approximate surface area is 160 Å². The van der Waals surface area contributed by atoms with Gasteiger partial charge in [0.15, 0.2) is 5.78 Å². The number of carbonyl (C=O) groups is 1. The maximum Gasteiger partial charge on any atom is 0.216 e. The van der Waals surface area contributed by atoms with E-state index in [0.717, 1.165) is 47.5 Å². The molecule has 0 saturated heterocycles. The van der Waals surface area contributed by atoms with Gasteiger partial charge in [0, 0.05) is 12.1 Å². The van der Waals surface area contributed by atoms with Crippen LogP contribution in [-0.4, -0.2) is 25.1 Å². The Balaban J connectivity index is 2.09. The molecule has 4 aromatic rings. The molecule has 2 heterocycles. The van der Waals surface area contributed by atoms with Gasteiger partial charge in [0.25, 0.3) is 0 Å². The zero-order chi connectivity index (χ0) is 18.1. The van der Waals surface area contributed by atoms with Crippen LogP contribution in [0.3, 0.4) is 0 Å². The molecule has 4 nitrogen and oxygen atoms in total. The smallest absolute Gasteiger partial charge is 0.216 e. The zero-order valence-electron chi connectivity index (χ0n) is 14.7. The summed E-state index contributed by atoms with van der Waals surface area (Å²) in [4.78, 5) is 17.8. The highest BCUT2D eigenvalue weighted by atomic mass is 79.9. The van der Waals surface area contributed by atoms with Gasteiger partial charge >= 0.3 is 0 Å². The van der Waals surface area contributed by atoms with Crippen LogP contribution in [0.25, 0.3) is 28.1 Å². The molecule has 0 aliphatic rings. The fourth-order valence-corrected chi connectivity index (χ4v) is 3.73. The predicted molar refractivity (Wildman–Crippen MR) is 109 cm³/mol. The summed E-state index contributed by atoms with van der Waals surface area (Å²) in [5.74, 6) is 0.873. The number of hydrogen-bond acceptors (Lipinski definition) is 2. The lowest BCUT2D eigenvalue weighted by Crippen LogP contribution is -2.06. The Bertz CT molecular complexity index is 1080. The summed E-state index contributed by atoms with van der Waals surface area (Å²) in [6.07, 6.45) is 2.18. The molecule has 0 bridgehead atoms. The molecule has 4 rings (SSSR count). The van der Waals surface area contributed by atoms with Crippen LogP contribution < -0.4 is 0 Å². The Morgan fingerprint density at radius 1 is 1.04 bits per heavy atom. The first kappa shape index (κ1) is 17.0. The number of Topliss-reactive ketones (excluding diaryl/α,β-unsaturated/α-hetero) is 1. The molecule has 0 atom stereocenters. The second-order valence-electron chi connectivity index (χ2n) is 6.36. The Kier molecular flexibility index (Phi) is 4.64. The van der Waals surface area contributed by atoms with E-state index < -0.39 is 0 Å². The van der Waals surface area contributed by atoms with E-state index in [1.54, 1.807) is 0 Å². The molecule has 0 unspecified atom stereocenters. The normalized spacial score (nSPS) is 11.5. The minimum absolute atomic E-state index is 0.0368. The van der Waals surface area contributed by atoms with Crippen LogP contribution >= 0.6 is 15.9 Å². The number of halogens is 1. The number of ketones is 1. The number of aryl methyl sites for hydroxylation is 1. The van der Waals surface area contributed by atoms with Crippen molar-refractivity contribution in [1.82, 2.24) is 14.0 Å². The number of rotatable bonds is 6. The van der Waals surface area contributed by atoms with Crippen LogP contribution in [0.1, 0.15) is 30.3 Å². The number of unbranched alkanes of at least 4 members (excludes halogenated alkanes) is 1. The number of para-hydroxylation sites is 2. The van der Waals surface area contributed by atoms with Gasteiger partial charge in [0.05, 0.1) is 16.4 Å². The summed E-state index contributed by atoms with van der Waals surface area (Å²) in [7, 11) is 0. The van der Waals surface area contributed by atoms with Crippen molar-refractivity contribution in [1.29, 1.82) is 0 Å². The average molecular weight is 410 g/mol. The van der Waals surface area contributed by atoms with E-state index in [1.807, 2.05) is 46.9 Å². The highest BCUT2D eigenvalue weighted by Gasteiger charge is 2.24. The second-order valence-corrected chi connectivity index (χ2v) is 6.92. The Morgan fingerprint density at radius 3 is 2.42 bits per heavy atom. The topological polar surface area (TPSA) is 39.3 Å². The average Bonchev–Trinajstić information content (AvgIpc) is 3.22. The van der Waals surface area contributed by atoms with Crippen LogP contribution in [0.5, 0.6) is 0 Å². The molecule has 0 aliphatic heterocycles. The number of fused-ring (bicyclic) bond motifs is 3. The van der Waals surface area contributed by atoms with E-state index in [-0.39, 0.29) is 11.1 Å². The first-order valence-corrected chi connectivity index (χ1v) is 10.0. The maximum absolute atomic E-state index is 12.8. The Morgan fingerprint density at radius 2 is 1.73 bits per heavy atom. The minimum Gasteiger partial charge on any atom is -0.310 e. The van der Waals surface area contributed by atoms with E-state index in [2.05, 4.69) is 39.6 Å². The van der Waals surface area contributed by atoms with Crippen LogP contribution in [-0.2, 0) is 6.54 Å². The van der Waals surface area contributed by atoms with Crippen LogP contribution in [0.2, 0.25) is 0 Å². The molecule has 0 fully saturated rings. The van der Waals surface area contributed by atoms with E-state index in [4.69, 9.17) is 4.98 Å². The van der Waals surface area contributed by atoms with Crippen molar-refractivity contribution in [3.8, 4) is 11.3 Å². The van der Waals surface area contributed by atoms with E-state index in [0.29, 0.717) is 5.69 Å². The molecular formula is C21H20BrN3O. The van der Waals surface area contributed by atoms with E-state index in [1.165, 1.54) is 0 Å². The Hall–Kier alpha value is -2.40. The summed E-state index contributed by atoms with van der Waals surface area (Å²) < 4.78 is 4.26. The molecule has 0 aliphatic carbocycles. The summed E-state index contributed by atoms with van der Waals surface area (Å²) in [6, 6.07) is 18.1. The molecule has 0 saturated carbocycles. The fraction of sp³-hybridized carbons (Fsp3) is 0.238. The highest BCUT2D eigenvalue weighted by molar-refractivity contribution is 9.09. The molecule has 5 heteroatoms. The van der Waals surface area contributed by atoms with Gasteiger partial charge in [0.1, 0.15) is 11.4 Å². The van der Waals surface area contributed by atoms with E-state index >= 15 is 0 Å². The lowest BCUT2D eigenvalue weighted by atomic mass is 10.1. The van der Waals surface area contributed by atoms with Gasteiger partial charge in [-0.3, -0.25) is 9.20 Å². The van der Waals surface area contributed by atoms with Crippen LogP contribution in [0, 0.1) is 0 Å².